The molecule has 3 nitrogen and oxygen atoms in total. The minimum absolute atomic E-state index is 0.389. The number of aryl methyl sites for hydroxylation is 1. The van der Waals surface area contributed by atoms with E-state index >= 15 is 0 Å². The van der Waals surface area contributed by atoms with Gasteiger partial charge in [0.1, 0.15) is 0 Å². The minimum atomic E-state index is 0.389. The number of hydrogen-bond donors (Lipinski definition) is 1. The zero-order valence-electron chi connectivity index (χ0n) is 10.5. The van der Waals surface area contributed by atoms with E-state index in [-0.39, 0.29) is 0 Å². The van der Waals surface area contributed by atoms with Gasteiger partial charge in [-0.15, -0.1) is 0 Å². The maximum Gasteiger partial charge on any atom is 0.229 e. The van der Waals surface area contributed by atoms with Crippen molar-refractivity contribution in [3.8, 4) is 11.1 Å². The van der Waals surface area contributed by atoms with Crippen molar-refractivity contribution in [3.63, 3.8) is 0 Å². The second kappa shape index (κ2) is 4.62. The van der Waals surface area contributed by atoms with Crippen LogP contribution in [-0.4, -0.2) is 5.16 Å². The summed E-state index contributed by atoms with van der Waals surface area (Å²) in [5.74, 6) is 0.838. The van der Waals surface area contributed by atoms with E-state index in [4.69, 9.17) is 10.3 Å². The maximum atomic E-state index is 5.80. The number of aromatic nitrogens is 1. The van der Waals surface area contributed by atoms with Gasteiger partial charge in [-0.3, -0.25) is 0 Å². The third kappa shape index (κ3) is 2.18. The fourth-order valence-electron chi connectivity index (χ4n) is 2.01. The summed E-state index contributed by atoms with van der Waals surface area (Å²) in [7, 11) is 0. The highest BCUT2D eigenvalue weighted by molar-refractivity contribution is 5.75. The normalized spacial score (nSPS) is 11.1. The third-order valence-electron chi connectivity index (χ3n) is 3.04. The second-order valence-corrected chi connectivity index (χ2v) is 4.53. The molecular formula is C14H18N2O. The van der Waals surface area contributed by atoms with Gasteiger partial charge in [-0.2, -0.15) is 0 Å². The molecule has 3 heteroatoms. The molecule has 2 aromatic rings. The number of anilines is 1. The Balaban J connectivity index is 2.61. The van der Waals surface area contributed by atoms with Gasteiger partial charge >= 0.3 is 0 Å². The molecule has 0 saturated heterocycles. The van der Waals surface area contributed by atoms with E-state index in [1.165, 1.54) is 11.1 Å². The van der Waals surface area contributed by atoms with Crippen molar-refractivity contribution in [2.45, 2.75) is 33.1 Å². The first kappa shape index (κ1) is 11.7. The molecule has 1 aromatic heterocycles. The molecule has 2 rings (SSSR count). The highest BCUT2D eigenvalue weighted by Gasteiger charge is 2.14. The summed E-state index contributed by atoms with van der Waals surface area (Å²) >= 11 is 0. The van der Waals surface area contributed by atoms with Crippen LogP contribution >= 0.6 is 0 Å². The zero-order chi connectivity index (χ0) is 12.4. The first-order valence-corrected chi connectivity index (χ1v) is 5.96. The van der Waals surface area contributed by atoms with Crippen molar-refractivity contribution in [1.29, 1.82) is 0 Å². The molecule has 0 radical (unpaired) electrons. The Morgan fingerprint density at radius 3 is 2.59 bits per heavy atom. The number of nitrogen functional groups attached to an aromatic ring is 1. The maximum absolute atomic E-state index is 5.80. The molecule has 1 heterocycles. The summed E-state index contributed by atoms with van der Waals surface area (Å²) < 4.78 is 4.95. The lowest BCUT2D eigenvalue weighted by atomic mass is 9.91. The molecule has 0 aliphatic heterocycles. The molecule has 0 amide bonds. The average Bonchev–Trinajstić information content (AvgIpc) is 2.74. The average molecular weight is 230 g/mol. The highest BCUT2D eigenvalue weighted by atomic mass is 16.5. The Morgan fingerprint density at radius 2 is 2.06 bits per heavy atom. The Morgan fingerprint density at radius 1 is 1.29 bits per heavy atom. The van der Waals surface area contributed by atoms with E-state index in [2.05, 4.69) is 44.1 Å². The van der Waals surface area contributed by atoms with Gasteiger partial charge in [0.05, 0.1) is 11.8 Å². The monoisotopic (exact) mass is 230 g/mol. The van der Waals surface area contributed by atoms with Crippen LogP contribution in [0.4, 0.5) is 5.88 Å². The quantitative estimate of drug-likeness (QED) is 0.876. The first-order valence-electron chi connectivity index (χ1n) is 5.96. The second-order valence-electron chi connectivity index (χ2n) is 4.53. The molecule has 0 aliphatic rings. The van der Waals surface area contributed by atoms with Crippen LogP contribution < -0.4 is 5.73 Å². The largest absolute Gasteiger partial charge is 0.367 e. The van der Waals surface area contributed by atoms with Crippen molar-refractivity contribution in [2.24, 2.45) is 0 Å². The first-order chi connectivity index (χ1) is 8.13. The lowest BCUT2D eigenvalue weighted by Crippen LogP contribution is -1.95. The number of nitrogens with zero attached hydrogens (tertiary/aromatic N) is 1. The van der Waals surface area contributed by atoms with Crippen LogP contribution in [0, 0.1) is 0 Å². The van der Waals surface area contributed by atoms with E-state index in [1.807, 2.05) is 0 Å². The van der Waals surface area contributed by atoms with Gasteiger partial charge in [0.25, 0.3) is 0 Å². The molecule has 0 atom stereocenters. The number of benzene rings is 1. The summed E-state index contributed by atoms with van der Waals surface area (Å²) in [5, 5.41) is 3.75. The predicted molar refractivity (Wildman–Crippen MR) is 69.8 cm³/mol. The van der Waals surface area contributed by atoms with E-state index < -0.39 is 0 Å². The molecule has 0 unspecified atom stereocenters. The fourth-order valence-corrected chi connectivity index (χ4v) is 2.01. The van der Waals surface area contributed by atoms with Crippen LogP contribution in [0.25, 0.3) is 11.1 Å². The fraction of sp³-hybridized carbons (Fsp3) is 0.357. The Bertz CT molecular complexity index is 515. The van der Waals surface area contributed by atoms with Crippen molar-refractivity contribution >= 4 is 5.88 Å². The summed E-state index contributed by atoms with van der Waals surface area (Å²) in [6, 6.07) is 6.52. The van der Waals surface area contributed by atoms with Gasteiger partial charge in [-0.25, -0.2) is 0 Å². The minimum Gasteiger partial charge on any atom is -0.367 e. The Labute approximate surface area is 102 Å². The standard InChI is InChI=1S/C14H18N2O/c1-4-10-5-6-11(9(2)3)12(7-10)13-8-16-17-14(13)15/h5-9H,4,15H2,1-3H3. The summed E-state index contributed by atoms with van der Waals surface area (Å²) in [6.07, 6.45) is 2.70. The molecule has 0 spiro atoms. The van der Waals surface area contributed by atoms with Crippen LogP contribution in [0.5, 0.6) is 0 Å². The SMILES string of the molecule is CCc1ccc(C(C)C)c(-c2cnoc2N)c1. The lowest BCUT2D eigenvalue weighted by molar-refractivity contribution is 0.436. The van der Waals surface area contributed by atoms with Gasteiger partial charge in [0, 0.05) is 0 Å². The molecule has 0 saturated carbocycles. The van der Waals surface area contributed by atoms with Crippen molar-refractivity contribution in [2.75, 3.05) is 5.73 Å². The summed E-state index contributed by atoms with van der Waals surface area (Å²) in [5.41, 5.74) is 10.4. The highest BCUT2D eigenvalue weighted by Crippen LogP contribution is 2.33. The smallest absolute Gasteiger partial charge is 0.229 e. The summed E-state index contributed by atoms with van der Waals surface area (Å²) in [6.45, 7) is 6.49. The Kier molecular flexibility index (Phi) is 3.18. The predicted octanol–water partition coefficient (Wildman–Crippen LogP) is 3.61. The lowest BCUT2D eigenvalue weighted by Gasteiger charge is -2.13. The van der Waals surface area contributed by atoms with Gasteiger partial charge in [0.2, 0.25) is 5.88 Å². The number of hydrogen-bond acceptors (Lipinski definition) is 3. The van der Waals surface area contributed by atoms with Crippen LogP contribution in [0.1, 0.15) is 37.8 Å². The summed E-state index contributed by atoms with van der Waals surface area (Å²) in [4.78, 5) is 0. The van der Waals surface area contributed by atoms with Gasteiger partial charge in [-0.05, 0) is 29.0 Å². The number of nitrogens with two attached hydrogens (primary N) is 1. The van der Waals surface area contributed by atoms with Crippen LogP contribution in [0.15, 0.2) is 28.9 Å². The van der Waals surface area contributed by atoms with E-state index in [0.717, 1.165) is 17.5 Å². The topological polar surface area (TPSA) is 52.0 Å². The van der Waals surface area contributed by atoms with E-state index in [1.54, 1.807) is 6.20 Å². The number of rotatable bonds is 3. The molecule has 1 aromatic carbocycles. The van der Waals surface area contributed by atoms with Gasteiger partial charge in [-0.1, -0.05) is 44.1 Å². The molecule has 0 bridgehead atoms. The van der Waals surface area contributed by atoms with Crippen molar-refractivity contribution in [3.05, 3.63) is 35.5 Å². The van der Waals surface area contributed by atoms with Gasteiger partial charge < -0.3 is 10.3 Å². The van der Waals surface area contributed by atoms with Crippen LogP contribution in [-0.2, 0) is 6.42 Å². The van der Waals surface area contributed by atoms with Crippen LogP contribution in [0.2, 0.25) is 0 Å². The Hall–Kier alpha value is -1.77. The van der Waals surface area contributed by atoms with Gasteiger partial charge in [0.15, 0.2) is 0 Å². The third-order valence-corrected chi connectivity index (χ3v) is 3.04. The molecule has 0 aliphatic carbocycles. The van der Waals surface area contributed by atoms with Crippen molar-refractivity contribution in [1.82, 2.24) is 5.16 Å². The van der Waals surface area contributed by atoms with E-state index in [0.29, 0.717) is 11.8 Å². The van der Waals surface area contributed by atoms with E-state index in [9.17, 15) is 0 Å². The van der Waals surface area contributed by atoms with Crippen molar-refractivity contribution < 1.29 is 4.52 Å². The molecule has 90 valence electrons. The molecular weight excluding hydrogens is 212 g/mol. The molecule has 2 N–H and O–H groups in total. The molecule has 17 heavy (non-hydrogen) atoms. The van der Waals surface area contributed by atoms with Crippen LogP contribution in [0.3, 0.4) is 0 Å². The zero-order valence-corrected chi connectivity index (χ0v) is 10.5. The molecule has 0 fully saturated rings.